The summed E-state index contributed by atoms with van der Waals surface area (Å²) in [5.41, 5.74) is 5.73. The van der Waals surface area contributed by atoms with E-state index >= 15 is 0 Å². The number of nitrogens with two attached hydrogens (primary N) is 1. The molecule has 0 spiro atoms. The molecule has 2 aromatic rings. The van der Waals surface area contributed by atoms with Gasteiger partial charge in [-0.3, -0.25) is 4.72 Å². The van der Waals surface area contributed by atoms with Crippen LogP contribution >= 0.6 is 34.8 Å². The zero-order valence-corrected chi connectivity index (χ0v) is 13.3. The van der Waals surface area contributed by atoms with Gasteiger partial charge in [-0.1, -0.05) is 40.9 Å². The number of nitrogens with one attached hydrogen (secondary N) is 1. The van der Waals surface area contributed by atoms with Crippen molar-refractivity contribution >= 4 is 56.2 Å². The molecule has 21 heavy (non-hydrogen) atoms. The van der Waals surface area contributed by atoms with Crippen molar-refractivity contribution in [2.24, 2.45) is 0 Å². The van der Waals surface area contributed by atoms with Gasteiger partial charge < -0.3 is 5.73 Å². The maximum absolute atomic E-state index is 13.8. The highest BCUT2D eigenvalue weighted by Crippen LogP contribution is 2.32. The van der Waals surface area contributed by atoms with Crippen LogP contribution in [0.4, 0.5) is 15.8 Å². The Morgan fingerprint density at radius 3 is 2.19 bits per heavy atom. The SMILES string of the molecule is Nc1c(Cl)cc(NS(=O)(=O)c2cccc(Cl)c2F)cc1Cl. The Balaban J connectivity index is 2.45. The first kappa shape index (κ1) is 16.2. The highest BCUT2D eigenvalue weighted by atomic mass is 35.5. The van der Waals surface area contributed by atoms with E-state index in [0.29, 0.717) is 0 Å². The van der Waals surface area contributed by atoms with E-state index in [-0.39, 0.29) is 26.4 Å². The van der Waals surface area contributed by atoms with Crippen LogP contribution in [0.2, 0.25) is 15.1 Å². The second-order valence-corrected chi connectivity index (χ2v) is 6.88. The molecular weight excluding hydrogens is 362 g/mol. The Bertz CT molecular complexity index is 789. The Hall–Kier alpha value is -1.21. The number of sulfonamides is 1. The van der Waals surface area contributed by atoms with Crippen molar-refractivity contribution in [3.05, 3.63) is 51.2 Å². The van der Waals surface area contributed by atoms with Gasteiger partial charge in [-0.25, -0.2) is 12.8 Å². The summed E-state index contributed by atoms with van der Waals surface area (Å²) in [5, 5.41) is -0.148. The molecule has 0 fully saturated rings. The summed E-state index contributed by atoms with van der Waals surface area (Å²) in [5.74, 6) is -1.04. The van der Waals surface area contributed by atoms with Crippen molar-refractivity contribution in [1.29, 1.82) is 0 Å². The van der Waals surface area contributed by atoms with Crippen LogP contribution in [0.3, 0.4) is 0 Å². The molecule has 0 bridgehead atoms. The molecule has 0 saturated heterocycles. The zero-order chi connectivity index (χ0) is 15.8. The maximum atomic E-state index is 13.8. The van der Waals surface area contributed by atoms with E-state index in [1.165, 1.54) is 24.3 Å². The van der Waals surface area contributed by atoms with Crippen LogP contribution in [0.15, 0.2) is 35.2 Å². The van der Waals surface area contributed by atoms with Gasteiger partial charge in [0.25, 0.3) is 10.0 Å². The fourth-order valence-electron chi connectivity index (χ4n) is 1.54. The van der Waals surface area contributed by atoms with E-state index < -0.39 is 20.7 Å². The molecule has 2 aromatic carbocycles. The van der Waals surface area contributed by atoms with Gasteiger partial charge in [0.2, 0.25) is 0 Å². The monoisotopic (exact) mass is 368 g/mol. The number of halogens is 4. The first-order valence-corrected chi connectivity index (χ1v) is 8.05. The van der Waals surface area contributed by atoms with Crippen molar-refractivity contribution in [3.8, 4) is 0 Å². The maximum Gasteiger partial charge on any atom is 0.264 e. The quantitative estimate of drug-likeness (QED) is 0.798. The van der Waals surface area contributed by atoms with Gasteiger partial charge in [0.05, 0.1) is 26.4 Å². The van der Waals surface area contributed by atoms with Gasteiger partial charge in [-0.2, -0.15) is 0 Å². The highest BCUT2D eigenvalue weighted by Gasteiger charge is 2.21. The molecule has 0 radical (unpaired) electrons. The summed E-state index contributed by atoms with van der Waals surface area (Å²) in [7, 11) is -4.18. The Morgan fingerprint density at radius 1 is 1.05 bits per heavy atom. The molecule has 3 N–H and O–H groups in total. The van der Waals surface area contributed by atoms with Crippen LogP contribution in [0.25, 0.3) is 0 Å². The number of rotatable bonds is 3. The fourth-order valence-corrected chi connectivity index (χ4v) is 3.40. The minimum Gasteiger partial charge on any atom is -0.396 e. The Kier molecular flexibility index (Phi) is 4.53. The van der Waals surface area contributed by atoms with E-state index in [9.17, 15) is 12.8 Å². The number of hydrogen-bond donors (Lipinski definition) is 2. The molecule has 0 aromatic heterocycles. The van der Waals surface area contributed by atoms with E-state index in [0.717, 1.165) is 6.07 Å². The minimum atomic E-state index is -4.18. The second-order valence-electron chi connectivity index (χ2n) is 4.01. The largest absolute Gasteiger partial charge is 0.396 e. The third kappa shape index (κ3) is 3.35. The lowest BCUT2D eigenvalue weighted by atomic mass is 10.3. The van der Waals surface area contributed by atoms with Gasteiger partial charge in [0, 0.05) is 0 Å². The first-order valence-electron chi connectivity index (χ1n) is 5.43. The molecular formula is C12H8Cl3FN2O2S. The lowest BCUT2D eigenvalue weighted by Gasteiger charge is -2.11. The summed E-state index contributed by atoms with van der Waals surface area (Å²) in [6.45, 7) is 0. The van der Waals surface area contributed by atoms with Gasteiger partial charge >= 0.3 is 0 Å². The van der Waals surface area contributed by atoms with Crippen LogP contribution in [0.5, 0.6) is 0 Å². The first-order chi connectivity index (χ1) is 9.72. The van der Waals surface area contributed by atoms with Crippen molar-refractivity contribution in [1.82, 2.24) is 0 Å². The minimum absolute atomic E-state index is 0.0542. The van der Waals surface area contributed by atoms with E-state index in [4.69, 9.17) is 40.5 Å². The summed E-state index contributed by atoms with van der Waals surface area (Å²) in [4.78, 5) is -0.584. The molecule has 4 nitrogen and oxygen atoms in total. The molecule has 0 atom stereocenters. The summed E-state index contributed by atoms with van der Waals surface area (Å²) < 4.78 is 40.3. The van der Waals surface area contributed by atoms with Crippen LogP contribution in [0, 0.1) is 5.82 Å². The van der Waals surface area contributed by atoms with E-state index in [1.807, 2.05) is 0 Å². The van der Waals surface area contributed by atoms with Crippen molar-refractivity contribution < 1.29 is 12.8 Å². The smallest absolute Gasteiger partial charge is 0.264 e. The van der Waals surface area contributed by atoms with Gasteiger partial charge in [-0.15, -0.1) is 0 Å². The summed E-state index contributed by atoms with van der Waals surface area (Å²) in [6.07, 6.45) is 0. The molecule has 0 aliphatic heterocycles. The predicted molar refractivity (Wildman–Crippen MR) is 83.1 cm³/mol. The summed E-state index contributed by atoms with van der Waals surface area (Å²) in [6, 6.07) is 6.19. The van der Waals surface area contributed by atoms with Gasteiger partial charge in [0.1, 0.15) is 4.90 Å². The molecule has 0 aliphatic rings. The lowest BCUT2D eigenvalue weighted by Crippen LogP contribution is -2.15. The van der Waals surface area contributed by atoms with Crippen LogP contribution in [-0.4, -0.2) is 8.42 Å². The second kappa shape index (κ2) is 5.88. The zero-order valence-electron chi connectivity index (χ0n) is 10.2. The fraction of sp³-hybridized carbons (Fsp3) is 0. The normalized spacial score (nSPS) is 11.4. The topological polar surface area (TPSA) is 72.2 Å². The lowest BCUT2D eigenvalue weighted by molar-refractivity contribution is 0.570. The van der Waals surface area contributed by atoms with Crippen LogP contribution < -0.4 is 10.5 Å². The molecule has 0 unspecified atom stereocenters. The van der Waals surface area contributed by atoms with Crippen molar-refractivity contribution in [3.63, 3.8) is 0 Å². The Labute approximate surface area is 135 Å². The van der Waals surface area contributed by atoms with Crippen molar-refractivity contribution in [2.75, 3.05) is 10.5 Å². The third-order valence-corrected chi connectivity index (χ3v) is 4.85. The number of anilines is 2. The number of nitrogen functional groups attached to an aromatic ring is 1. The van der Waals surface area contributed by atoms with Crippen LogP contribution in [0.1, 0.15) is 0 Å². The average Bonchev–Trinajstić information content (AvgIpc) is 2.38. The standard InChI is InChI=1S/C12H8Cl3FN2O2S/c13-7-2-1-3-10(11(7)16)21(19,20)18-6-4-8(14)12(17)9(15)5-6/h1-5,18H,17H2. The van der Waals surface area contributed by atoms with Gasteiger partial charge in [0.15, 0.2) is 5.82 Å². The van der Waals surface area contributed by atoms with Crippen LogP contribution in [-0.2, 0) is 10.0 Å². The van der Waals surface area contributed by atoms with E-state index in [2.05, 4.69) is 4.72 Å². The highest BCUT2D eigenvalue weighted by molar-refractivity contribution is 7.92. The number of hydrogen-bond acceptors (Lipinski definition) is 3. The molecule has 112 valence electrons. The molecule has 0 heterocycles. The molecule has 2 rings (SSSR count). The molecule has 0 saturated carbocycles. The molecule has 0 amide bonds. The van der Waals surface area contributed by atoms with E-state index in [1.54, 1.807) is 0 Å². The molecule has 9 heteroatoms. The average molecular weight is 370 g/mol. The van der Waals surface area contributed by atoms with Crippen molar-refractivity contribution in [2.45, 2.75) is 4.90 Å². The predicted octanol–water partition coefficient (Wildman–Crippen LogP) is 4.17. The number of benzene rings is 2. The summed E-state index contributed by atoms with van der Waals surface area (Å²) >= 11 is 17.2. The van der Waals surface area contributed by atoms with Gasteiger partial charge in [-0.05, 0) is 24.3 Å². The Morgan fingerprint density at radius 2 is 1.62 bits per heavy atom. The molecule has 0 aliphatic carbocycles. The third-order valence-electron chi connectivity index (χ3n) is 2.54.